The van der Waals surface area contributed by atoms with E-state index in [1.54, 1.807) is 0 Å². The highest BCUT2D eigenvalue weighted by atomic mass is 79.9. The van der Waals surface area contributed by atoms with E-state index >= 15 is 0 Å². The number of halogens is 1. The predicted molar refractivity (Wildman–Crippen MR) is 76.4 cm³/mol. The van der Waals surface area contributed by atoms with E-state index in [0.29, 0.717) is 6.42 Å². The summed E-state index contributed by atoms with van der Waals surface area (Å²) in [5.41, 5.74) is 7.03. The maximum absolute atomic E-state index is 8.95. The second kappa shape index (κ2) is 7.40. The van der Waals surface area contributed by atoms with Gasteiger partial charge in [-0.2, -0.15) is 5.26 Å². The van der Waals surface area contributed by atoms with Crippen molar-refractivity contribution in [2.24, 2.45) is 5.73 Å². The lowest BCUT2D eigenvalue weighted by atomic mass is 10.0. The third-order valence-electron chi connectivity index (χ3n) is 2.81. The minimum Gasteiger partial charge on any atom is -0.475 e. The summed E-state index contributed by atoms with van der Waals surface area (Å²) in [5, 5.41) is 8.95. The molecule has 1 aromatic carbocycles. The van der Waals surface area contributed by atoms with Crippen LogP contribution < -0.4 is 10.5 Å². The number of hydrogen-bond donors (Lipinski definition) is 1. The van der Waals surface area contributed by atoms with Gasteiger partial charge in [-0.05, 0) is 43.0 Å². The molecule has 0 aliphatic rings. The van der Waals surface area contributed by atoms with Crippen molar-refractivity contribution in [1.82, 2.24) is 0 Å². The summed E-state index contributed by atoms with van der Waals surface area (Å²) in [6, 6.07) is 8.08. The topological polar surface area (TPSA) is 59.0 Å². The SMILES string of the molecule is CCC(N)Cc1cc(Br)ccc1OC(C#N)CC. The van der Waals surface area contributed by atoms with Crippen LogP contribution in [0.3, 0.4) is 0 Å². The number of benzene rings is 1. The molecule has 2 atom stereocenters. The molecule has 0 aliphatic carbocycles. The Bertz CT molecular complexity index is 428. The number of nitriles is 1. The molecule has 0 heterocycles. The zero-order valence-electron chi connectivity index (χ0n) is 10.8. The van der Waals surface area contributed by atoms with E-state index in [1.165, 1.54) is 0 Å². The summed E-state index contributed by atoms with van der Waals surface area (Å²) in [5.74, 6) is 0.760. The number of nitrogens with zero attached hydrogens (tertiary/aromatic N) is 1. The van der Waals surface area contributed by atoms with Gasteiger partial charge in [0.2, 0.25) is 0 Å². The molecule has 2 unspecified atom stereocenters. The van der Waals surface area contributed by atoms with E-state index < -0.39 is 6.10 Å². The molecule has 0 bridgehead atoms. The van der Waals surface area contributed by atoms with Gasteiger partial charge >= 0.3 is 0 Å². The summed E-state index contributed by atoms with van der Waals surface area (Å²) in [4.78, 5) is 0. The Balaban J connectivity index is 2.92. The Morgan fingerprint density at radius 3 is 2.67 bits per heavy atom. The van der Waals surface area contributed by atoms with Crippen molar-refractivity contribution in [3.63, 3.8) is 0 Å². The fraction of sp³-hybridized carbons (Fsp3) is 0.500. The minimum absolute atomic E-state index is 0.115. The summed E-state index contributed by atoms with van der Waals surface area (Å²) in [7, 11) is 0. The highest BCUT2D eigenvalue weighted by Gasteiger charge is 2.12. The molecular formula is C14H19BrN2O. The Morgan fingerprint density at radius 1 is 1.39 bits per heavy atom. The van der Waals surface area contributed by atoms with Crippen molar-refractivity contribution in [1.29, 1.82) is 5.26 Å². The molecule has 98 valence electrons. The van der Waals surface area contributed by atoms with Crippen molar-refractivity contribution >= 4 is 15.9 Å². The van der Waals surface area contributed by atoms with Gasteiger partial charge in [0.15, 0.2) is 6.10 Å². The predicted octanol–water partition coefficient (Wildman–Crippen LogP) is 3.41. The summed E-state index contributed by atoms with van der Waals surface area (Å²) >= 11 is 3.45. The highest BCUT2D eigenvalue weighted by molar-refractivity contribution is 9.10. The number of hydrogen-bond acceptors (Lipinski definition) is 3. The zero-order chi connectivity index (χ0) is 13.5. The standard InChI is InChI=1S/C14H19BrN2O/c1-3-12(17)8-10-7-11(15)5-6-14(10)18-13(4-2)9-16/h5-7,12-13H,3-4,8,17H2,1-2H3. The van der Waals surface area contributed by atoms with Crippen LogP contribution in [0.25, 0.3) is 0 Å². The Hall–Kier alpha value is -1.05. The number of ether oxygens (including phenoxy) is 1. The second-order valence-electron chi connectivity index (χ2n) is 4.27. The Kier molecular flexibility index (Phi) is 6.17. The van der Waals surface area contributed by atoms with Crippen LogP contribution in [0, 0.1) is 11.3 Å². The van der Waals surface area contributed by atoms with Crippen molar-refractivity contribution in [2.45, 2.75) is 45.3 Å². The molecule has 0 radical (unpaired) electrons. The normalized spacial score (nSPS) is 13.7. The maximum atomic E-state index is 8.95. The third-order valence-corrected chi connectivity index (χ3v) is 3.31. The van der Waals surface area contributed by atoms with Crippen LogP contribution in [0.2, 0.25) is 0 Å². The maximum Gasteiger partial charge on any atom is 0.184 e. The zero-order valence-corrected chi connectivity index (χ0v) is 12.4. The monoisotopic (exact) mass is 310 g/mol. The summed E-state index contributed by atoms with van der Waals surface area (Å²) in [6.07, 6.45) is 1.95. The molecule has 2 N–H and O–H groups in total. The highest BCUT2D eigenvalue weighted by Crippen LogP contribution is 2.26. The first-order chi connectivity index (χ1) is 8.60. The van der Waals surface area contributed by atoms with Crippen LogP contribution in [-0.2, 0) is 6.42 Å². The first kappa shape index (κ1) is 15.0. The van der Waals surface area contributed by atoms with Gasteiger partial charge in [-0.1, -0.05) is 29.8 Å². The van der Waals surface area contributed by atoms with E-state index in [2.05, 4.69) is 28.9 Å². The van der Waals surface area contributed by atoms with Crippen molar-refractivity contribution in [3.05, 3.63) is 28.2 Å². The third kappa shape index (κ3) is 4.32. The van der Waals surface area contributed by atoms with Gasteiger partial charge in [0.25, 0.3) is 0 Å². The van der Waals surface area contributed by atoms with Crippen LogP contribution in [0.5, 0.6) is 5.75 Å². The van der Waals surface area contributed by atoms with Crippen LogP contribution in [0.4, 0.5) is 0 Å². The molecule has 0 saturated heterocycles. The molecule has 0 saturated carbocycles. The van der Waals surface area contributed by atoms with Gasteiger partial charge in [0.05, 0.1) is 0 Å². The van der Waals surface area contributed by atoms with Crippen molar-refractivity contribution in [2.75, 3.05) is 0 Å². The van der Waals surface area contributed by atoms with Crippen LogP contribution in [-0.4, -0.2) is 12.1 Å². The molecule has 1 rings (SSSR count). The smallest absolute Gasteiger partial charge is 0.184 e. The number of nitrogens with two attached hydrogens (primary N) is 1. The van der Waals surface area contributed by atoms with Gasteiger partial charge in [-0.15, -0.1) is 0 Å². The lowest BCUT2D eigenvalue weighted by Gasteiger charge is -2.17. The summed E-state index contributed by atoms with van der Waals surface area (Å²) in [6.45, 7) is 4.00. The average Bonchev–Trinajstić information content (AvgIpc) is 2.38. The molecule has 1 aromatic rings. The molecule has 0 fully saturated rings. The molecular weight excluding hydrogens is 292 g/mol. The molecule has 0 aliphatic heterocycles. The first-order valence-corrected chi connectivity index (χ1v) is 7.00. The molecule has 0 spiro atoms. The van der Waals surface area contributed by atoms with Gasteiger partial charge in [0.1, 0.15) is 11.8 Å². The van der Waals surface area contributed by atoms with Crippen molar-refractivity contribution < 1.29 is 4.74 Å². The lowest BCUT2D eigenvalue weighted by Crippen LogP contribution is -2.22. The first-order valence-electron chi connectivity index (χ1n) is 6.20. The largest absolute Gasteiger partial charge is 0.475 e. The molecule has 4 heteroatoms. The molecule has 0 amide bonds. The fourth-order valence-corrected chi connectivity index (χ4v) is 2.01. The lowest BCUT2D eigenvalue weighted by molar-refractivity contribution is 0.249. The number of rotatable bonds is 6. The van der Waals surface area contributed by atoms with Crippen LogP contribution in [0.15, 0.2) is 22.7 Å². The van der Waals surface area contributed by atoms with Gasteiger partial charge in [-0.3, -0.25) is 0 Å². The van der Waals surface area contributed by atoms with Gasteiger partial charge in [-0.25, -0.2) is 0 Å². The van der Waals surface area contributed by atoms with Gasteiger partial charge in [0, 0.05) is 10.5 Å². The van der Waals surface area contributed by atoms with E-state index in [1.807, 2.05) is 25.1 Å². The van der Waals surface area contributed by atoms with E-state index in [-0.39, 0.29) is 6.04 Å². The Labute approximate surface area is 117 Å². The van der Waals surface area contributed by atoms with E-state index in [0.717, 1.165) is 28.6 Å². The Morgan fingerprint density at radius 2 is 2.11 bits per heavy atom. The minimum atomic E-state index is -0.400. The second-order valence-corrected chi connectivity index (χ2v) is 5.18. The van der Waals surface area contributed by atoms with Crippen molar-refractivity contribution in [3.8, 4) is 11.8 Å². The van der Waals surface area contributed by atoms with Crippen LogP contribution in [0.1, 0.15) is 32.3 Å². The average molecular weight is 311 g/mol. The van der Waals surface area contributed by atoms with Gasteiger partial charge < -0.3 is 10.5 Å². The van der Waals surface area contributed by atoms with E-state index in [4.69, 9.17) is 15.7 Å². The fourth-order valence-electron chi connectivity index (χ4n) is 1.60. The summed E-state index contributed by atoms with van der Waals surface area (Å²) < 4.78 is 6.71. The quantitative estimate of drug-likeness (QED) is 0.876. The molecule has 0 aromatic heterocycles. The van der Waals surface area contributed by atoms with Crippen LogP contribution >= 0.6 is 15.9 Å². The van der Waals surface area contributed by atoms with E-state index in [9.17, 15) is 0 Å². The molecule has 18 heavy (non-hydrogen) atoms. The molecule has 3 nitrogen and oxygen atoms in total.